The highest BCUT2D eigenvalue weighted by Gasteiger charge is 2.27. The predicted octanol–water partition coefficient (Wildman–Crippen LogP) is 4.15. The average molecular weight is 276 g/mol. The van der Waals surface area contributed by atoms with Crippen molar-refractivity contribution in [2.45, 2.75) is 62.8 Å². The Bertz CT molecular complexity index is 433. The molecule has 0 heterocycles. The first-order valence-corrected chi connectivity index (χ1v) is 7.65. The van der Waals surface area contributed by atoms with Gasteiger partial charge < -0.3 is 0 Å². The zero-order chi connectivity index (χ0) is 14.5. The molecule has 2 nitrogen and oxygen atoms in total. The number of thioether (sulfide) groups is 1. The summed E-state index contributed by atoms with van der Waals surface area (Å²) in [5.74, 6) is 0. The normalized spacial score (nSPS) is 15.8. The van der Waals surface area contributed by atoms with Crippen LogP contribution in [0, 0.1) is 18.3 Å². The molecule has 0 saturated heterocycles. The average Bonchev–Trinajstić information content (AvgIpc) is 2.31. The van der Waals surface area contributed by atoms with E-state index in [-0.39, 0.29) is 0 Å². The van der Waals surface area contributed by atoms with Crippen LogP contribution < -0.4 is 5.32 Å². The molecule has 1 aromatic carbocycles. The van der Waals surface area contributed by atoms with Crippen molar-refractivity contribution in [3.63, 3.8) is 0 Å². The van der Waals surface area contributed by atoms with E-state index in [0.29, 0.717) is 11.3 Å². The second kappa shape index (κ2) is 6.98. The molecule has 2 unspecified atom stereocenters. The smallest absolute Gasteiger partial charge is 0.105 e. The number of rotatable bonds is 6. The quantitative estimate of drug-likeness (QED) is 0.793. The van der Waals surface area contributed by atoms with Crippen molar-refractivity contribution in [1.82, 2.24) is 5.32 Å². The zero-order valence-electron chi connectivity index (χ0n) is 12.5. The molecular formula is C16H24N2S. The van der Waals surface area contributed by atoms with Crippen molar-refractivity contribution in [2.75, 3.05) is 0 Å². The summed E-state index contributed by atoms with van der Waals surface area (Å²) in [5, 5.41) is 13.1. The molecular weight excluding hydrogens is 252 g/mol. The van der Waals surface area contributed by atoms with Gasteiger partial charge >= 0.3 is 0 Å². The molecule has 2 atom stereocenters. The minimum Gasteiger partial charge on any atom is -0.297 e. The summed E-state index contributed by atoms with van der Waals surface area (Å²) in [6.07, 6.45) is 0.834. The Kier molecular flexibility index (Phi) is 5.90. The third-order valence-electron chi connectivity index (χ3n) is 2.91. The lowest BCUT2D eigenvalue weighted by atomic mass is 9.97. The molecule has 0 saturated carbocycles. The standard InChI is InChI=1S/C16H24N2S/c1-12(2)18-16(5,11-17)10-14(4)19-15-8-6-13(3)7-9-15/h6-9,12,14,18H,10H2,1-5H3. The number of nitriles is 1. The molecule has 3 heteroatoms. The molecule has 0 aliphatic rings. The predicted molar refractivity (Wildman–Crippen MR) is 83.4 cm³/mol. The van der Waals surface area contributed by atoms with Crippen LogP contribution in [0.15, 0.2) is 29.2 Å². The lowest BCUT2D eigenvalue weighted by molar-refractivity contribution is 0.382. The van der Waals surface area contributed by atoms with Crippen molar-refractivity contribution in [2.24, 2.45) is 0 Å². The van der Waals surface area contributed by atoms with Crippen LogP contribution in [0.3, 0.4) is 0 Å². The zero-order valence-corrected chi connectivity index (χ0v) is 13.3. The van der Waals surface area contributed by atoms with Gasteiger partial charge in [-0.1, -0.05) is 24.6 Å². The number of hydrogen-bond donors (Lipinski definition) is 1. The summed E-state index contributed by atoms with van der Waals surface area (Å²) in [4.78, 5) is 1.27. The summed E-state index contributed by atoms with van der Waals surface area (Å²) >= 11 is 1.83. The lowest BCUT2D eigenvalue weighted by Crippen LogP contribution is -2.46. The van der Waals surface area contributed by atoms with E-state index in [9.17, 15) is 5.26 Å². The number of aryl methyl sites for hydroxylation is 1. The summed E-state index contributed by atoms with van der Waals surface area (Å²) in [7, 11) is 0. The van der Waals surface area contributed by atoms with Gasteiger partial charge in [-0.15, -0.1) is 11.8 Å². The Morgan fingerprint density at radius 1 is 1.26 bits per heavy atom. The van der Waals surface area contributed by atoms with Gasteiger partial charge in [0, 0.05) is 16.2 Å². The molecule has 104 valence electrons. The Hall–Kier alpha value is -0.980. The maximum Gasteiger partial charge on any atom is 0.105 e. The Morgan fingerprint density at radius 3 is 2.32 bits per heavy atom. The van der Waals surface area contributed by atoms with Gasteiger partial charge in [0.25, 0.3) is 0 Å². The highest BCUT2D eigenvalue weighted by Crippen LogP contribution is 2.28. The molecule has 19 heavy (non-hydrogen) atoms. The van der Waals surface area contributed by atoms with Crippen LogP contribution in [-0.2, 0) is 0 Å². The van der Waals surface area contributed by atoms with Crippen LogP contribution in [0.1, 0.15) is 39.7 Å². The maximum atomic E-state index is 9.36. The van der Waals surface area contributed by atoms with Crippen LogP contribution in [0.5, 0.6) is 0 Å². The molecule has 0 aliphatic heterocycles. The van der Waals surface area contributed by atoms with Gasteiger partial charge in [0.1, 0.15) is 5.54 Å². The fourth-order valence-corrected chi connectivity index (χ4v) is 3.41. The molecule has 0 amide bonds. The minimum absolute atomic E-state index is 0.321. The summed E-state index contributed by atoms with van der Waals surface area (Å²) < 4.78 is 0. The summed E-state index contributed by atoms with van der Waals surface area (Å²) in [6, 6.07) is 11.3. The molecule has 1 rings (SSSR count). The van der Waals surface area contributed by atoms with E-state index in [1.165, 1.54) is 10.5 Å². The molecule has 0 radical (unpaired) electrons. The number of benzene rings is 1. The van der Waals surface area contributed by atoms with Gasteiger partial charge in [0.2, 0.25) is 0 Å². The molecule has 0 aliphatic carbocycles. The highest BCUT2D eigenvalue weighted by molar-refractivity contribution is 7.99. The van der Waals surface area contributed by atoms with E-state index in [0.717, 1.165) is 6.42 Å². The fourth-order valence-electron chi connectivity index (χ4n) is 2.24. The molecule has 0 spiro atoms. The Morgan fingerprint density at radius 2 is 1.84 bits per heavy atom. The number of nitrogens with zero attached hydrogens (tertiary/aromatic N) is 1. The van der Waals surface area contributed by atoms with Crippen LogP contribution in [0.4, 0.5) is 0 Å². The van der Waals surface area contributed by atoms with Gasteiger partial charge in [0.05, 0.1) is 6.07 Å². The third kappa shape index (κ3) is 5.67. The van der Waals surface area contributed by atoms with Gasteiger partial charge in [-0.25, -0.2) is 0 Å². The molecule has 0 fully saturated rings. The first-order valence-electron chi connectivity index (χ1n) is 6.77. The van der Waals surface area contributed by atoms with Crippen LogP contribution in [-0.4, -0.2) is 16.8 Å². The van der Waals surface area contributed by atoms with Gasteiger partial charge in [-0.3, -0.25) is 5.32 Å². The van der Waals surface area contributed by atoms with E-state index in [1.54, 1.807) is 0 Å². The van der Waals surface area contributed by atoms with E-state index in [2.05, 4.69) is 63.3 Å². The number of hydrogen-bond acceptors (Lipinski definition) is 3. The fraction of sp³-hybridized carbons (Fsp3) is 0.562. The van der Waals surface area contributed by atoms with Crippen molar-refractivity contribution >= 4 is 11.8 Å². The van der Waals surface area contributed by atoms with Crippen molar-refractivity contribution in [3.8, 4) is 6.07 Å². The minimum atomic E-state index is -0.453. The first kappa shape index (κ1) is 16.1. The first-order chi connectivity index (χ1) is 8.84. The van der Waals surface area contributed by atoms with Crippen LogP contribution in [0.25, 0.3) is 0 Å². The van der Waals surface area contributed by atoms with E-state index in [1.807, 2.05) is 18.7 Å². The summed E-state index contributed by atoms with van der Waals surface area (Å²) in [5.41, 5.74) is 0.825. The largest absolute Gasteiger partial charge is 0.297 e. The monoisotopic (exact) mass is 276 g/mol. The lowest BCUT2D eigenvalue weighted by Gasteiger charge is -2.28. The van der Waals surface area contributed by atoms with Gasteiger partial charge in [0.15, 0.2) is 0 Å². The second-order valence-corrected chi connectivity index (χ2v) is 7.20. The Labute approximate surface area is 121 Å². The van der Waals surface area contributed by atoms with Crippen LogP contribution >= 0.6 is 11.8 Å². The van der Waals surface area contributed by atoms with E-state index >= 15 is 0 Å². The molecule has 0 bridgehead atoms. The van der Waals surface area contributed by atoms with Crippen molar-refractivity contribution in [1.29, 1.82) is 5.26 Å². The molecule has 1 N–H and O–H groups in total. The van der Waals surface area contributed by atoms with Crippen molar-refractivity contribution < 1.29 is 0 Å². The Balaban J connectivity index is 2.61. The topological polar surface area (TPSA) is 35.8 Å². The van der Waals surface area contributed by atoms with E-state index in [4.69, 9.17) is 0 Å². The van der Waals surface area contributed by atoms with Crippen molar-refractivity contribution in [3.05, 3.63) is 29.8 Å². The SMILES string of the molecule is Cc1ccc(SC(C)CC(C)(C#N)NC(C)C)cc1. The van der Waals surface area contributed by atoms with E-state index < -0.39 is 5.54 Å². The third-order valence-corrected chi connectivity index (χ3v) is 4.02. The summed E-state index contributed by atoms with van der Waals surface area (Å²) in [6.45, 7) is 10.4. The maximum absolute atomic E-state index is 9.36. The highest BCUT2D eigenvalue weighted by atomic mass is 32.2. The van der Waals surface area contributed by atoms with Gasteiger partial charge in [-0.05, 0) is 46.2 Å². The molecule has 1 aromatic rings. The number of nitrogens with one attached hydrogen (secondary N) is 1. The molecule has 0 aromatic heterocycles. The van der Waals surface area contributed by atoms with Crippen LogP contribution in [0.2, 0.25) is 0 Å². The second-order valence-electron chi connectivity index (χ2n) is 5.69. The van der Waals surface area contributed by atoms with Gasteiger partial charge in [-0.2, -0.15) is 5.26 Å².